The number of carbonyl (C=O) groups excluding carboxylic acids is 1. The highest BCUT2D eigenvalue weighted by atomic mass is 16.4. The molecule has 0 aromatic heterocycles. The molecule has 10 heavy (non-hydrogen) atoms. The zero-order valence-electron chi connectivity index (χ0n) is 6.31. The molecule has 0 spiro atoms. The lowest BCUT2D eigenvalue weighted by molar-refractivity contribution is 0.111. The van der Waals surface area contributed by atoms with Crippen LogP contribution in [-0.2, 0) is 4.42 Å². The largest absolute Gasteiger partial charge is 0.455 e. The minimum absolute atomic E-state index is 0.634. The van der Waals surface area contributed by atoms with E-state index in [9.17, 15) is 0 Å². The Balaban J connectivity index is 1.96. The maximum atomic E-state index is 5.11. The van der Waals surface area contributed by atoms with Gasteiger partial charge in [0.1, 0.15) is 0 Å². The van der Waals surface area contributed by atoms with Crippen LogP contribution in [0, 0.1) is 17.8 Å². The normalized spacial score (nSPS) is 16.9. The number of rotatable bonds is 3. The summed E-state index contributed by atoms with van der Waals surface area (Å²) in [6.45, 7) is 2.55. The average molecular weight is 136 g/mol. The molecule has 0 aromatic rings. The number of hydrogen-bond donors (Lipinski definition) is 0. The van der Waals surface area contributed by atoms with Crippen molar-refractivity contribution in [2.45, 2.75) is 26.2 Å². The fraction of sp³-hybridized carbons (Fsp3) is 0.667. The summed E-state index contributed by atoms with van der Waals surface area (Å²) in [4.78, 5) is 0. The van der Waals surface area contributed by atoms with Gasteiger partial charge in [-0.2, -0.15) is 0 Å². The molecule has 54 valence electrons. The fourth-order valence-electron chi connectivity index (χ4n) is 0.605. The number of hydrogen-bond acceptors (Lipinski definition) is 0. The fourth-order valence-corrected chi connectivity index (χ4v) is 0.605. The predicted molar refractivity (Wildman–Crippen MR) is 41.4 cm³/mol. The third-order valence-corrected chi connectivity index (χ3v) is 1.33. The average Bonchev–Trinajstić information content (AvgIpc) is 2.71. The van der Waals surface area contributed by atoms with Gasteiger partial charge in [-0.25, -0.2) is 0 Å². The summed E-state index contributed by atoms with van der Waals surface area (Å²) >= 11 is 0. The first-order chi connectivity index (χ1) is 4.93. The van der Waals surface area contributed by atoms with Crippen molar-refractivity contribution in [2.24, 2.45) is 5.92 Å². The third-order valence-electron chi connectivity index (χ3n) is 1.33. The van der Waals surface area contributed by atoms with E-state index in [1.807, 2.05) is 6.92 Å². The van der Waals surface area contributed by atoms with Gasteiger partial charge in [-0.3, -0.25) is 0 Å². The molecule has 0 radical (unpaired) electrons. The van der Waals surface area contributed by atoms with Crippen molar-refractivity contribution >= 4 is 6.29 Å². The van der Waals surface area contributed by atoms with Gasteiger partial charge in [0.15, 0.2) is 0 Å². The Bertz CT molecular complexity index is 167. The SMILES string of the molecule is CC#CCC[O+]=[C-]C1CC1. The zero-order valence-corrected chi connectivity index (χ0v) is 6.31. The second-order valence-electron chi connectivity index (χ2n) is 2.42. The summed E-state index contributed by atoms with van der Waals surface area (Å²) in [6, 6.07) is 0. The lowest BCUT2D eigenvalue weighted by Gasteiger charge is -1.84. The summed E-state index contributed by atoms with van der Waals surface area (Å²) in [5.74, 6) is 6.37. The molecule has 0 amide bonds. The van der Waals surface area contributed by atoms with E-state index < -0.39 is 0 Å². The second kappa shape index (κ2) is 4.11. The molecular formula is C9H12O. The molecule has 0 aliphatic heterocycles. The molecule has 1 heteroatoms. The Morgan fingerprint density at radius 2 is 2.40 bits per heavy atom. The monoisotopic (exact) mass is 136 g/mol. The summed E-state index contributed by atoms with van der Waals surface area (Å²) < 4.78 is 5.11. The molecular weight excluding hydrogens is 124 g/mol. The smallest absolute Gasteiger partial charge is 0.228 e. The van der Waals surface area contributed by atoms with Crippen molar-refractivity contribution in [1.82, 2.24) is 0 Å². The van der Waals surface area contributed by atoms with Crippen LogP contribution in [0.4, 0.5) is 0 Å². The predicted octanol–water partition coefficient (Wildman–Crippen LogP) is 1.46. The Morgan fingerprint density at radius 1 is 1.60 bits per heavy atom. The first-order valence-electron chi connectivity index (χ1n) is 3.70. The summed E-state index contributed by atoms with van der Waals surface area (Å²) in [5, 5.41) is 0. The van der Waals surface area contributed by atoms with E-state index >= 15 is 0 Å². The summed E-state index contributed by atoms with van der Waals surface area (Å²) in [6.07, 6.45) is 6.30. The molecule has 1 aliphatic rings. The van der Waals surface area contributed by atoms with Gasteiger partial charge in [0.05, 0.1) is 6.42 Å². The van der Waals surface area contributed by atoms with Gasteiger partial charge in [-0.15, -0.1) is 5.92 Å². The van der Waals surface area contributed by atoms with Gasteiger partial charge < -0.3 is 4.42 Å². The molecule has 1 saturated carbocycles. The first kappa shape index (κ1) is 7.34. The first-order valence-corrected chi connectivity index (χ1v) is 3.70. The van der Waals surface area contributed by atoms with Crippen molar-refractivity contribution in [3.8, 4) is 11.8 Å². The van der Waals surface area contributed by atoms with E-state index in [0.29, 0.717) is 12.5 Å². The highest BCUT2D eigenvalue weighted by molar-refractivity contribution is 5.58. The maximum Gasteiger partial charge on any atom is 0.228 e. The van der Waals surface area contributed by atoms with Gasteiger partial charge in [-0.05, 0) is 13.2 Å². The van der Waals surface area contributed by atoms with Crippen molar-refractivity contribution in [1.29, 1.82) is 0 Å². The molecule has 0 atom stereocenters. The van der Waals surface area contributed by atoms with E-state index in [-0.39, 0.29) is 0 Å². The molecule has 1 aliphatic carbocycles. The molecule has 0 unspecified atom stereocenters. The molecule has 1 nitrogen and oxygen atoms in total. The standard InChI is InChI=1S/C9H12O/c1-2-3-4-7-10-8-9-5-6-9/h9H,4-7H2,1H3. The van der Waals surface area contributed by atoms with Crippen molar-refractivity contribution in [3.05, 3.63) is 0 Å². The van der Waals surface area contributed by atoms with Crippen molar-refractivity contribution < 1.29 is 4.42 Å². The van der Waals surface area contributed by atoms with Crippen LogP contribution in [0.25, 0.3) is 0 Å². The molecule has 0 bridgehead atoms. The molecule has 1 rings (SSSR count). The Morgan fingerprint density at radius 3 is 3.00 bits per heavy atom. The van der Waals surface area contributed by atoms with Gasteiger partial charge in [0.2, 0.25) is 6.61 Å². The maximum absolute atomic E-state index is 5.11. The van der Waals surface area contributed by atoms with Crippen LogP contribution in [0.15, 0.2) is 0 Å². The quantitative estimate of drug-likeness (QED) is 0.241. The molecule has 0 heterocycles. The summed E-state index contributed by atoms with van der Waals surface area (Å²) in [7, 11) is 0. The van der Waals surface area contributed by atoms with Crippen LogP contribution in [0.5, 0.6) is 0 Å². The van der Waals surface area contributed by atoms with Crippen LogP contribution in [0.2, 0.25) is 0 Å². The van der Waals surface area contributed by atoms with Gasteiger partial charge in [0.25, 0.3) is 0 Å². The van der Waals surface area contributed by atoms with Gasteiger partial charge in [-0.1, -0.05) is 24.7 Å². The van der Waals surface area contributed by atoms with Crippen LogP contribution >= 0.6 is 0 Å². The van der Waals surface area contributed by atoms with E-state index in [1.54, 1.807) is 0 Å². The van der Waals surface area contributed by atoms with Crippen molar-refractivity contribution in [3.63, 3.8) is 0 Å². The van der Waals surface area contributed by atoms with E-state index in [2.05, 4.69) is 18.1 Å². The lowest BCUT2D eigenvalue weighted by atomic mass is 10.4. The van der Waals surface area contributed by atoms with Crippen LogP contribution < -0.4 is 0 Å². The third kappa shape index (κ3) is 3.29. The highest BCUT2D eigenvalue weighted by Crippen LogP contribution is 2.25. The second-order valence-corrected chi connectivity index (χ2v) is 2.42. The molecule has 0 saturated heterocycles. The highest BCUT2D eigenvalue weighted by Gasteiger charge is 2.13. The zero-order chi connectivity index (χ0) is 7.23. The Hall–Kier alpha value is -0.770. The summed E-state index contributed by atoms with van der Waals surface area (Å²) in [5.41, 5.74) is 0. The minimum Gasteiger partial charge on any atom is -0.455 e. The minimum atomic E-state index is 0.634. The molecule has 0 N–H and O–H groups in total. The van der Waals surface area contributed by atoms with Crippen LogP contribution in [-0.4, -0.2) is 12.9 Å². The Kier molecular flexibility index (Phi) is 3.02. The van der Waals surface area contributed by atoms with Gasteiger partial charge >= 0.3 is 0 Å². The van der Waals surface area contributed by atoms with Crippen LogP contribution in [0.3, 0.4) is 0 Å². The van der Waals surface area contributed by atoms with E-state index in [1.165, 1.54) is 12.8 Å². The Labute approximate surface area is 62.1 Å². The van der Waals surface area contributed by atoms with E-state index in [4.69, 9.17) is 4.42 Å². The molecule has 0 aromatic carbocycles. The molecule has 1 fully saturated rings. The van der Waals surface area contributed by atoms with Crippen LogP contribution in [0.1, 0.15) is 26.2 Å². The van der Waals surface area contributed by atoms with Gasteiger partial charge in [0, 0.05) is 0 Å². The lowest BCUT2D eigenvalue weighted by Crippen LogP contribution is -1.86. The van der Waals surface area contributed by atoms with Crippen molar-refractivity contribution in [2.75, 3.05) is 6.61 Å². The van der Waals surface area contributed by atoms with E-state index in [0.717, 1.165) is 6.42 Å². The topological polar surface area (TPSA) is 11.3 Å².